The quantitative estimate of drug-likeness (QED) is 0.842. The monoisotopic (exact) mass is 260 g/mol. The topological polar surface area (TPSA) is 37.9 Å². The van der Waals surface area contributed by atoms with E-state index in [9.17, 15) is 17.6 Å². The Morgan fingerprint density at radius 2 is 2.00 bits per heavy atom. The molecule has 2 rings (SSSR count). The van der Waals surface area contributed by atoms with Gasteiger partial charge in [-0.05, 0) is 18.2 Å². The zero-order valence-corrected chi connectivity index (χ0v) is 9.18. The second kappa shape index (κ2) is 4.32. The van der Waals surface area contributed by atoms with Gasteiger partial charge in [0.1, 0.15) is 0 Å². The number of nitrogens with zero attached hydrogens (tertiary/aromatic N) is 1. The molecule has 0 amide bonds. The van der Waals surface area contributed by atoms with Crippen LogP contribution >= 0.6 is 0 Å². The summed E-state index contributed by atoms with van der Waals surface area (Å²) in [6, 6.07) is 3.85. The van der Waals surface area contributed by atoms with Crippen molar-refractivity contribution in [1.82, 2.24) is 9.97 Å². The Balaban J connectivity index is 2.38. The predicted octanol–water partition coefficient (Wildman–Crippen LogP) is 3.24. The fourth-order valence-corrected chi connectivity index (χ4v) is 1.45. The van der Waals surface area contributed by atoms with E-state index in [0.29, 0.717) is 0 Å². The van der Waals surface area contributed by atoms with Crippen LogP contribution in [0.3, 0.4) is 0 Å². The molecule has 0 fully saturated rings. The van der Waals surface area contributed by atoms with E-state index < -0.39 is 17.8 Å². The molecule has 0 aliphatic rings. The van der Waals surface area contributed by atoms with Crippen LogP contribution in [0.2, 0.25) is 0 Å². The van der Waals surface area contributed by atoms with Gasteiger partial charge in [-0.1, -0.05) is 0 Å². The number of nitrogens with one attached hydrogen (secondary N) is 1. The first-order valence-corrected chi connectivity index (χ1v) is 4.88. The molecule has 0 atom stereocenters. The summed E-state index contributed by atoms with van der Waals surface area (Å²) >= 11 is 0. The summed E-state index contributed by atoms with van der Waals surface area (Å²) in [5, 5.41) is 0. The molecule has 1 heterocycles. The number of rotatable bonds is 2. The first kappa shape index (κ1) is 12.4. The smallest absolute Gasteiger partial charge is 0.449 e. The van der Waals surface area contributed by atoms with Crippen molar-refractivity contribution in [3.8, 4) is 17.0 Å². The van der Waals surface area contributed by atoms with Gasteiger partial charge in [-0.3, -0.25) is 0 Å². The molecule has 3 nitrogen and oxygen atoms in total. The molecule has 0 bridgehead atoms. The summed E-state index contributed by atoms with van der Waals surface area (Å²) in [5.74, 6) is -1.75. The van der Waals surface area contributed by atoms with Gasteiger partial charge >= 0.3 is 6.18 Å². The maximum atomic E-state index is 13.4. The van der Waals surface area contributed by atoms with Crippen LogP contribution in [0, 0.1) is 5.82 Å². The van der Waals surface area contributed by atoms with Crippen LogP contribution in [0.4, 0.5) is 17.6 Å². The molecule has 18 heavy (non-hydrogen) atoms. The average molecular weight is 260 g/mol. The Morgan fingerprint density at radius 3 is 2.50 bits per heavy atom. The van der Waals surface area contributed by atoms with Crippen LogP contribution in [-0.4, -0.2) is 17.1 Å². The minimum atomic E-state index is -4.55. The lowest BCUT2D eigenvalue weighted by Gasteiger charge is -2.04. The van der Waals surface area contributed by atoms with Crippen molar-refractivity contribution in [2.45, 2.75) is 6.18 Å². The van der Waals surface area contributed by atoms with Gasteiger partial charge in [-0.25, -0.2) is 9.37 Å². The molecule has 7 heteroatoms. The third-order valence-electron chi connectivity index (χ3n) is 2.31. The molecule has 0 unspecified atom stereocenters. The molecule has 0 saturated heterocycles. The third-order valence-corrected chi connectivity index (χ3v) is 2.31. The van der Waals surface area contributed by atoms with Gasteiger partial charge in [0, 0.05) is 5.56 Å². The van der Waals surface area contributed by atoms with Crippen LogP contribution in [0.15, 0.2) is 24.4 Å². The summed E-state index contributed by atoms with van der Waals surface area (Å²) in [6.07, 6.45) is -3.55. The van der Waals surface area contributed by atoms with E-state index in [1.165, 1.54) is 19.2 Å². The highest BCUT2D eigenvalue weighted by molar-refractivity contribution is 5.60. The fraction of sp³-hybridized carbons (Fsp3) is 0.182. The second-order valence-corrected chi connectivity index (χ2v) is 3.49. The number of H-pyrrole nitrogens is 1. The molecule has 0 aliphatic heterocycles. The van der Waals surface area contributed by atoms with Crippen molar-refractivity contribution < 1.29 is 22.3 Å². The van der Waals surface area contributed by atoms with Crippen LogP contribution in [0.25, 0.3) is 11.3 Å². The standard InChI is InChI=1S/C11H8F4N2O/c1-18-9-3-2-6(4-7(9)12)8-5-16-10(17-8)11(13,14)15/h2-5H,1H3,(H,16,17). The molecule has 1 aromatic carbocycles. The van der Waals surface area contributed by atoms with Crippen molar-refractivity contribution in [1.29, 1.82) is 0 Å². The second-order valence-electron chi connectivity index (χ2n) is 3.49. The Kier molecular flexibility index (Phi) is 2.98. The van der Waals surface area contributed by atoms with Crippen LogP contribution in [-0.2, 0) is 6.18 Å². The highest BCUT2D eigenvalue weighted by atomic mass is 19.4. The summed E-state index contributed by atoms with van der Waals surface area (Å²) in [4.78, 5) is 5.29. The molecular formula is C11H8F4N2O. The molecule has 1 N–H and O–H groups in total. The highest BCUT2D eigenvalue weighted by Gasteiger charge is 2.34. The molecular weight excluding hydrogens is 252 g/mol. The van der Waals surface area contributed by atoms with E-state index in [1.54, 1.807) is 0 Å². The van der Waals surface area contributed by atoms with Gasteiger partial charge in [0.05, 0.1) is 19.0 Å². The average Bonchev–Trinajstić information content (AvgIpc) is 2.77. The van der Waals surface area contributed by atoms with Crippen molar-refractivity contribution in [3.05, 3.63) is 36.0 Å². The van der Waals surface area contributed by atoms with E-state index in [0.717, 1.165) is 12.3 Å². The number of aromatic amines is 1. The lowest BCUT2D eigenvalue weighted by atomic mass is 10.1. The summed E-state index contributed by atoms with van der Waals surface area (Å²) < 4.78 is 55.1. The lowest BCUT2D eigenvalue weighted by molar-refractivity contribution is -0.144. The molecule has 96 valence electrons. The van der Waals surface area contributed by atoms with E-state index in [-0.39, 0.29) is 17.0 Å². The number of methoxy groups -OCH3 is 1. The Morgan fingerprint density at radius 1 is 1.28 bits per heavy atom. The zero-order valence-electron chi connectivity index (χ0n) is 9.18. The molecule has 0 radical (unpaired) electrons. The molecule has 1 aromatic heterocycles. The van der Waals surface area contributed by atoms with Crippen molar-refractivity contribution >= 4 is 0 Å². The third kappa shape index (κ3) is 2.29. The Labute approximate surface area is 99.4 Å². The number of imidazole rings is 1. The van der Waals surface area contributed by atoms with Gasteiger partial charge in [-0.2, -0.15) is 13.2 Å². The zero-order chi connectivity index (χ0) is 13.3. The fourth-order valence-electron chi connectivity index (χ4n) is 1.45. The van der Waals surface area contributed by atoms with Crippen molar-refractivity contribution in [2.24, 2.45) is 0 Å². The van der Waals surface area contributed by atoms with Gasteiger partial charge < -0.3 is 9.72 Å². The van der Waals surface area contributed by atoms with Gasteiger partial charge in [0.2, 0.25) is 5.82 Å². The van der Waals surface area contributed by atoms with Gasteiger partial charge in [-0.15, -0.1) is 0 Å². The van der Waals surface area contributed by atoms with Crippen LogP contribution < -0.4 is 4.74 Å². The highest BCUT2D eigenvalue weighted by Crippen LogP contribution is 2.30. The maximum absolute atomic E-state index is 13.4. The lowest BCUT2D eigenvalue weighted by Crippen LogP contribution is -2.07. The minimum Gasteiger partial charge on any atom is -0.494 e. The number of halogens is 4. The molecule has 0 aliphatic carbocycles. The normalized spacial score (nSPS) is 11.6. The molecule has 0 spiro atoms. The van der Waals surface area contributed by atoms with E-state index in [2.05, 4.69) is 9.97 Å². The van der Waals surface area contributed by atoms with Crippen molar-refractivity contribution in [3.63, 3.8) is 0 Å². The van der Waals surface area contributed by atoms with Crippen LogP contribution in [0.1, 0.15) is 5.82 Å². The van der Waals surface area contributed by atoms with Gasteiger partial charge in [0.25, 0.3) is 0 Å². The maximum Gasteiger partial charge on any atom is 0.449 e. The van der Waals surface area contributed by atoms with E-state index >= 15 is 0 Å². The first-order valence-electron chi connectivity index (χ1n) is 4.88. The number of hydrogen-bond donors (Lipinski definition) is 1. The van der Waals surface area contributed by atoms with Crippen molar-refractivity contribution in [2.75, 3.05) is 7.11 Å². The predicted molar refractivity (Wildman–Crippen MR) is 55.5 cm³/mol. The van der Waals surface area contributed by atoms with Gasteiger partial charge in [0.15, 0.2) is 11.6 Å². The number of hydrogen-bond acceptors (Lipinski definition) is 2. The molecule has 2 aromatic rings. The summed E-state index contributed by atoms with van der Waals surface area (Å²) in [7, 11) is 1.30. The van der Waals surface area contributed by atoms with E-state index in [1.807, 2.05) is 0 Å². The van der Waals surface area contributed by atoms with Crippen LogP contribution in [0.5, 0.6) is 5.75 Å². The number of aromatic nitrogens is 2. The summed E-state index contributed by atoms with van der Waals surface area (Å²) in [5.41, 5.74) is 0.347. The van der Waals surface area contributed by atoms with E-state index in [4.69, 9.17) is 4.74 Å². The minimum absolute atomic E-state index is 0.0225. The number of benzene rings is 1. The Hall–Kier alpha value is -2.05. The first-order chi connectivity index (χ1) is 8.41. The molecule has 0 saturated carbocycles. The Bertz CT molecular complexity index is 562. The largest absolute Gasteiger partial charge is 0.494 e. The number of alkyl halides is 3. The summed E-state index contributed by atoms with van der Waals surface area (Å²) in [6.45, 7) is 0. The number of ether oxygens (including phenoxy) is 1. The SMILES string of the molecule is COc1ccc(-c2cnc(C(F)(F)F)[nH]2)cc1F.